The van der Waals surface area contributed by atoms with Crippen molar-refractivity contribution in [2.45, 2.75) is 9.99 Å². The average molecular weight is 375 g/mol. The maximum atomic E-state index is 11.6. The number of primary amides is 1. The van der Waals surface area contributed by atoms with Crippen LogP contribution in [0.15, 0.2) is 73.5 Å². The summed E-state index contributed by atoms with van der Waals surface area (Å²) in [5.74, 6) is -0.223. The molecule has 0 fully saturated rings. The summed E-state index contributed by atoms with van der Waals surface area (Å²) in [5.41, 5.74) is 6.35. The van der Waals surface area contributed by atoms with Crippen molar-refractivity contribution in [2.24, 2.45) is 5.73 Å². The summed E-state index contributed by atoms with van der Waals surface area (Å²) >= 11 is 4.70. The number of carbonyl (C=O) groups is 1. The maximum Gasteiger partial charge on any atom is 0.271 e. The zero-order chi connectivity index (χ0) is 15.5. The first-order valence-electron chi connectivity index (χ1n) is 6.43. The van der Waals surface area contributed by atoms with Gasteiger partial charge in [-0.2, -0.15) is 0 Å². The van der Waals surface area contributed by atoms with Crippen molar-refractivity contribution in [3.63, 3.8) is 0 Å². The number of halogens is 1. The van der Waals surface area contributed by atoms with Crippen LogP contribution in [0.1, 0.15) is 10.5 Å². The summed E-state index contributed by atoms with van der Waals surface area (Å²) in [6.07, 6.45) is 0. The minimum absolute atomic E-state index is 0.145. The molecule has 4 nitrogen and oxygen atoms in total. The molecule has 2 aromatic carbocycles. The number of amides is 1. The normalized spacial score (nSPS) is 10.6. The van der Waals surface area contributed by atoms with Crippen molar-refractivity contribution in [3.05, 3.63) is 64.8 Å². The Morgan fingerprint density at radius 3 is 2.41 bits per heavy atom. The van der Waals surface area contributed by atoms with Crippen LogP contribution in [0.4, 0.5) is 0 Å². The zero-order valence-corrected chi connectivity index (χ0v) is 13.7. The van der Waals surface area contributed by atoms with Crippen LogP contribution in [0.2, 0.25) is 0 Å². The van der Waals surface area contributed by atoms with Crippen LogP contribution in [0, 0.1) is 0 Å². The third kappa shape index (κ3) is 3.23. The van der Waals surface area contributed by atoms with Gasteiger partial charge in [-0.05, 0) is 48.2 Å². The highest BCUT2D eigenvalue weighted by Crippen LogP contribution is 2.34. The number of carbonyl (C=O) groups excluding carboxylic acids is 1. The van der Waals surface area contributed by atoms with Crippen LogP contribution < -0.4 is 5.73 Å². The molecule has 0 bridgehead atoms. The van der Waals surface area contributed by atoms with E-state index in [1.807, 2.05) is 54.6 Å². The van der Waals surface area contributed by atoms with E-state index >= 15 is 0 Å². The van der Waals surface area contributed by atoms with Crippen molar-refractivity contribution in [2.75, 3.05) is 0 Å². The predicted molar refractivity (Wildman–Crippen MR) is 88.7 cm³/mol. The smallest absolute Gasteiger partial charge is 0.271 e. The van der Waals surface area contributed by atoms with Crippen molar-refractivity contribution in [1.82, 2.24) is 4.98 Å². The first-order chi connectivity index (χ1) is 10.6. The van der Waals surface area contributed by atoms with Crippen LogP contribution >= 0.6 is 27.7 Å². The molecule has 1 heterocycles. The molecule has 0 spiro atoms. The first kappa shape index (κ1) is 14.9. The quantitative estimate of drug-likeness (QED) is 0.736. The number of nitrogens with zero attached hydrogens (tertiary/aromatic N) is 1. The Balaban J connectivity index is 1.97. The monoisotopic (exact) mass is 374 g/mol. The van der Waals surface area contributed by atoms with E-state index in [0.29, 0.717) is 11.0 Å². The summed E-state index contributed by atoms with van der Waals surface area (Å²) in [7, 11) is 0. The van der Waals surface area contributed by atoms with E-state index in [-0.39, 0.29) is 5.69 Å². The fraction of sp³-hybridized carbons (Fsp3) is 0. The lowest BCUT2D eigenvalue weighted by molar-refractivity contribution is 0.0991. The van der Waals surface area contributed by atoms with Crippen LogP contribution in [-0.4, -0.2) is 10.9 Å². The van der Waals surface area contributed by atoms with E-state index in [1.54, 1.807) is 0 Å². The molecule has 0 aliphatic heterocycles. The standard InChI is InChI=1S/C16H11BrN2O2S/c17-11-6-8-12(9-7-11)22-16-13(14(18)20)19-15(21-16)10-4-2-1-3-5-10/h1-9H,(H2,18,20). The lowest BCUT2D eigenvalue weighted by Gasteiger charge is -1.99. The molecule has 1 amide bonds. The highest BCUT2D eigenvalue weighted by Gasteiger charge is 2.19. The number of benzene rings is 2. The number of nitrogens with two attached hydrogens (primary N) is 1. The van der Waals surface area contributed by atoms with Gasteiger partial charge in [-0.15, -0.1) is 0 Å². The van der Waals surface area contributed by atoms with E-state index in [4.69, 9.17) is 10.2 Å². The summed E-state index contributed by atoms with van der Waals surface area (Å²) in [6.45, 7) is 0. The van der Waals surface area contributed by atoms with Crippen molar-refractivity contribution in [1.29, 1.82) is 0 Å². The molecule has 2 N–H and O–H groups in total. The fourth-order valence-corrected chi connectivity index (χ4v) is 2.96. The third-order valence-corrected chi connectivity index (χ3v) is 4.37. The number of hydrogen-bond acceptors (Lipinski definition) is 4. The Bertz CT molecular complexity index is 801. The van der Waals surface area contributed by atoms with Gasteiger partial charge >= 0.3 is 0 Å². The molecule has 1 aromatic heterocycles. The largest absolute Gasteiger partial charge is 0.429 e. The minimum atomic E-state index is -0.606. The first-order valence-corrected chi connectivity index (χ1v) is 8.04. The molecular weight excluding hydrogens is 364 g/mol. The molecule has 3 aromatic rings. The molecule has 6 heteroatoms. The topological polar surface area (TPSA) is 69.1 Å². The zero-order valence-electron chi connectivity index (χ0n) is 11.3. The van der Waals surface area contributed by atoms with E-state index in [0.717, 1.165) is 14.9 Å². The molecule has 0 radical (unpaired) electrons. The van der Waals surface area contributed by atoms with Crippen LogP contribution in [-0.2, 0) is 0 Å². The number of hydrogen-bond donors (Lipinski definition) is 1. The summed E-state index contributed by atoms with van der Waals surface area (Å²) in [5, 5.41) is 0.397. The van der Waals surface area contributed by atoms with Gasteiger partial charge in [0.05, 0.1) is 0 Å². The fourth-order valence-electron chi connectivity index (χ4n) is 1.84. The van der Waals surface area contributed by atoms with E-state index in [2.05, 4.69) is 20.9 Å². The molecule has 0 aliphatic carbocycles. The van der Waals surface area contributed by atoms with Crippen molar-refractivity contribution < 1.29 is 9.21 Å². The molecule has 110 valence electrons. The SMILES string of the molecule is NC(=O)c1nc(-c2ccccc2)oc1Sc1ccc(Br)cc1. The average Bonchev–Trinajstić information content (AvgIpc) is 2.95. The maximum absolute atomic E-state index is 11.6. The van der Waals surface area contributed by atoms with Gasteiger partial charge in [0, 0.05) is 14.9 Å². The number of aromatic nitrogens is 1. The van der Waals surface area contributed by atoms with Gasteiger partial charge in [0.1, 0.15) is 0 Å². The molecular formula is C16H11BrN2O2S. The van der Waals surface area contributed by atoms with Crippen LogP contribution in [0.5, 0.6) is 0 Å². The second-order valence-corrected chi connectivity index (χ2v) is 6.40. The van der Waals surface area contributed by atoms with Crippen molar-refractivity contribution in [3.8, 4) is 11.5 Å². The third-order valence-electron chi connectivity index (χ3n) is 2.87. The predicted octanol–water partition coefficient (Wildman–Crippen LogP) is 4.35. The van der Waals surface area contributed by atoms with E-state index in [9.17, 15) is 4.79 Å². The molecule has 22 heavy (non-hydrogen) atoms. The second kappa shape index (κ2) is 6.37. The summed E-state index contributed by atoms with van der Waals surface area (Å²) in [4.78, 5) is 16.7. The Morgan fingerprint density at radius 1 is 1.09 bits per heavy atom. The lowest BCUT2D eigenvalue weighted by atomic mass is 10.2. The summed E-state index contributed by atoms with van der Waals surface area (Å²) < 4.78 is 6.72. The Morgan fingerprint density at radius 2 is 1.77 bits per heavy atom. The second-order valence-electron chi connectivity index (χ2n) is 4.44. The molecule has 0 aliphatic rings. The molecule has 0 atom stereocenters. The molecule has 0 unspecified atom stereocenters. The van der Waals surface area contributed by atoms with E-state index < -0.39 is 5.91 Å². The Kier molecular flexibility index (Phi) is 4.31. The number of rotatable bonds is 4. The Hall–Kier alpha value is -2.05. The van der Waals surface area contributed by atoms with Gasteiger partial charge in [0.2, 0.25) is 5.89 Å². The van der Waals surface area contributed by atoms with Crippen LogP contribution in [0.25, 0.3) is 11.5 Å². The Labute approximate surface area is 139 Å². The lowest BCUT2D eigenvalue weighted by Crippen LogP contribution is -2.12. The highest BCUT2D eigenvalue weighted by molar-refractivity contribution is 9.10. The highest BCUT2D eigenvalue weighted by atomic mass is 79.9. The van der Waals surface area contributed by atoms with Gasteiger partial charge < -0.3 is 10.2 Å². The summed E-state index contributed by atoms with van der Waals surface area (Å²) in [6, 6.07) is 17.1. The van der Waals surface area contributed by atoms with Crippen LogP contribution in [0.3, 0.4) is 0 Å². The van der Waals surface area contributed by atoms with Gasteiger partial charge in [-0.25, -0.2) is 4.98 Å². The van der Waals surface area contributed by atoms with Gasteiger partial charge in [0.25, 0.3) is 5.91 Å². The van der Waals surface area contributed by atoms with Gasteiger partial charge in [-0.1, -0.05) is 34.1 Å². The van der Waals surface area contributed by atoms with Gasteiger partial charge in [-0.3, -0.25) is 4.79 Å². The van der Waals surface area contributed by atoms with E-state index in [1.165, 1.54) is 11.8 Å². The van der Waals surface area contributed by atoms with Crippen molar-refractivity contribution >= 4 is 33.6 Å². The van der Waals surface area contributed by atoms with Gasteiger partial charge in [0.15, 0.2) is 10.8 Å². The minimum Gasteiger partial charge on any atom is -0.429 e. The molecule has 3 rings (SSSR count). The molecule has 0 saturated heterocycles. The molecule has 0 saturated carbocycles. The number of oxazole rings is 1.